The predicted octanol–water partition coefficient (Wildman–Crippen LogP) is 2.23. The Morgan fingerprint density at radius 3 is 3.50 bits per heavy atom. The number of benzene rings is 1. The third-order valence-electron chi connectivity index (χ3n) is 1.80. The second kappa shape index (κ2) is 2.75. The Labute approximate surface area is 69.4 Å². The van der Waals surface area contributed by atoms with Crippen molar-refractivity contribution in [2.75, 3.05) is 6.61 Å². The van der Waals surface area contributed by atoms with Gasteiger partial charge in [-0.3, -0.25) is 0 Å². The Morgan fingerprint density at radius 1 is 1.75 bits per heavy atom. The molecular formula is C8H6N3O. The summed E-state index contributed by atoms with van der Waals surface area (Å²) in [5.41, 5.74) is 9.20. The summed E-state index contributed by atoms with van der Waals surface area (Å²) in [6, 6.07) is 8.13. The molecule has 1 aliphatic rings. The zero-order valence-electron chi connectivity index (χ0n) is 6.27. The molecule has 0 unspecified atom stereocenters. The van der Waals surface area contributed by atoms with Gasteiger partial charge in [0.1, 0.15) is 18.4 Å². The lowest BCUT2D eigenvalue weighted by Crippen LogP contribution is -1.94. The molecule has 0 fully saturated rings. The van der Waals surface area contributed by atoms with Crippen LogP contribution in [0.1, 0.15) is 11.6 Å². The maximum atomic E-state index is 8.25. The van der Waals surface area contributed by atoms with E-state index in [1.54, 1.807) is 12.1 Å². The minimum Gasteiger partial charge on any atom is -0.492 e. The Hall–Kier alpha value is -1.67. The summed E-state index contributed by atoms with van der Waals surface area (Å²) < 4.78 is 5.27. The first-order valence-corrected chi connectivity index (χ1v) is 3.59. The van der Waals surface area contributed by atoms with Crippen molar-refractivity contribution in [2.45, 2.75) is 6.04 Å². The van der Waals surface area contributed by atoms with E-state index in [1.165, 1.54) is 0 Å². The van der Waals surface area contributed by atoms with Crippen LogP contribution in [0, 0.1) is 6.07 Å². The van der Waals surface area contributed by atoms with Crippen molar-refractivity contribution in [1.29, 1.82) is 0 Å². The van der Waals surface area contributed by atoms with E-state index in [0.717, 1.165) is 11.3 Å². The molecule has 0 saturated carbocycles. The van der Waals surface area contributed by atoms with Crippen LogP contribution >= 0.6 is 0 Å². The van der Waals surface area contributed by atoms with Crippen LogP contribution in [0.4, 0.5) is 0 Å². The van der Waals surface area contributed by atoms with Crippen LogP contribution in [0.25, 0.3) is 10.4 Å². The monoisotopic (exact) mass is 160 g/mol. The standard InChI is InChI=1S/C8H6N3O/c9-11-10-7-5-12-8-4-2-1-3-6(7)8/h1,3-4,7H,5H2/t7-/m1/s1. The average molecular weight is 160 g/mol. The number of nitrogens with zero attached hydrogens (tertiary/aromatic N) is 3. The fourth-order valence-corrected chi connectivity index (χ4v) is 1.24. The van der Waals surface area contributed by atoms with Gasteiger partial charge < -0.3 is 4.74 Å². The van der Waals surface area contributed by atoms with Gasteiger partial charge in [0.2, 0.25) is 0 Å². The number of ether oxygens (including phenoxy) is 1. The summed E-state index contributed by atoms with van der Waals surface area (Å²) in [6.45, 7) is 0.442. The van der Waals surface area contributed by atoms with Crippen LogP contribution in [0.15, 0.2) is 23.3 Å². The topological polar surface area (TPSA) is 58.0 Å². The van der Waals surface area contributed by atoms with Gasteiger partial charge in [-0.1, -0.05) is 17.2 Å². The van der Waals surface area contributed by atoms with Gasteiger partial charge in [0.25, 0.3) is 0 Å². The first-order chi connectivity index (χ1) is 5.92. The van der Waals surface area contributed by atoms with Gasteiger partial charge in [-0.15, -0.1) is 0 Å². The van der Waals surface area contributed by atoms with Crippen LogP contribution in [-0.4, -0.2) is 6.61 Å². The molecule has 1 aliphatic heterocycles. The molecule has 1 aromatic rings. The highest BCUT2D eigenvalue weighted by atomic mass is 16.5. The molecule has 0 N–H and O–H groups in total. The Bertz CT molecular complexity index is 344. The Kier molecular flexibility index (Phi) is 1.61. The van der Waals surface area contributed by atoms with E-state index in [0.29, 0.717) is 6.61 Å². The van der Waals surface area contributed by atoms with E-state index < -0.39 is 0 Å². The minimum absolute atomic E-state index is 0.167. The van der Waals surface area contributed by atoms with E-state index in [1.807, 2.05) is 6.07 Å². The first kappa shape index (κ1) is 7.00. The lowest BCUT2D eigenvalue weighted by molar-refractivity contribution is 0.333. The molecule has 1 atom stereocenters. The van der Waals surface area contributed by atoms with Gasteiger partial charge in [0.05, 0.1) is 0 Å². The molecule has 4 nitrogen and oxygen atoms in total. The summed E-state index contributed by atoms with van der Waals surface area (Å²) in [6.07, 6.45) is 0. The molecule has 1 radical (unpaired) electrons. The van der Waals surface area contributed by atoms with E-state index in [9.17, 15) is 0 Å². The van der Waals surface area contributed by atoms with Crippen molar-refractivity contribution in [2.24, 2.45) is 5.11 Å². The Morgan fingerprint density at radius 2 is 2.67 bits per heavy atom. The van der Waals surface area contributed by atoms with Crippen molar-refractivity contribution in [3.8, 4) is 5.75 Å². The lowest BCUT2D eigenvalue weighted by atomic mass is 10.1. The molecule has 4 heteroatoms. The quantitative estimate of drug-likeness (QED) is 0.353. The van der Waals surface area contributed by atoms with Crippen molar-refractivity contribution >= 4 is 0 Å². The van der Waals surface area contributed by atoms with E-state index in [4.69, 9.17) is 10.3 Å². The molecule has 0 bridgehead atoms. The van der Waals surface area contributed by atoms with Crippen LogP contribution in [0.2, 0.25) is 0 Å². The molecule has 0 aliphatic carbocycles. The van der Waals surface area contributed by atoms with Crippen LogP contribution < -0.4 is 4.74 Å². The predicted molar refractivity (Wildman–Crippen MR) is 42.7 cm³/mol. The summed E-state index contributed by atoms with van der Waals surface area (Å²) in [5.74, 6) is 0.773. The summed E-state index contributed by atoms with van der Waals surface area (Å²) >= 11 is 0. The fourth-order valence-electron chi connectivity index (χ4n) is 1.24. The van der Waals surface area contributed by atoms with Gasteiger partial charge in [-0.2, -0.15) is 0 Å². The highest BCUT2D eigenvalue weighted by Gasteiger charge is 2.21. The molecule has 0 saturated heterocycles. The third kappa shape index (κ3) is 0.984. The number of hydrogen-bond donors (Lipinski definition) is 0. The minimum atomic E-state index is -0.167. The summed E-state index contributed by atoms with van der Waals surface area (Å²) in [4.78, 5) is 2.75. The number of fused-ring (bicyclic) bond motifs is 1. The van der Waals surface area contributed by atoms with Crippen molar-refractivity contribution in [3.63, 3.8) is 0 Å². The molecule has 12 heavy (non-hydrogen) atoms. The van der Waals surface area contributed by atoms with Crippen LogP contribution in [-0.2, 0) is 0 Å². The highest BCUT2D eigenvalue weighted by molar-refractivity contribution is 5.38. The molecular weight excluding hydrogens is 154 g/mol. The highest BCUT2D eigenvalue weighted by Crippen LogP contribution is 2.33. The molecule has 59 valence electrons. The largest absolute Gasteiger partial charge is 0.492 e. The normalized spacial score (nSPS) is 19.2. The van der Waals surface area contributed by atoms with Crippen molar-refractivity contribution < 1.29 is 4.74 Å². The van der Waals surface area contributed by atoms with E-state index >= 15 is 0 Å². The SMILES string of the molecule is [N-]=[N+]=N[C@@H]1COc2c[c]ccc21. The summed E-state index contributed by atoms with van der Waals surface area (Å²) in [5, 5.41) is 3.61. The molecule has 0 amide bonds. The van der Waals surface area contributed by atoms with Gasteiger partial charge in [-0.05, 0) is 17.7 Å². The fraction of sp³-hybridized carbons (Fsp3) is 0.250. The number of rotatable bonds is 1. The van der Waals surface area contributed by atoms with E-state index in [2.05, 4.69) is 16.1 Å². The smallest absolute Gasteiger partial charge is 0.123 e. The molecule has 1 aromatic carbocycles. The third-order valence-corrected chi connectivity index (χ3v) is 1.80. The maximum absolute atomic E-state index is 8.25. The molecule has 0 spiro atoms. The Balaban J connectivity index is 2.42. The second-order valence-electron chi connectivity index (χ2n) is 2.50. The average Bonchev–Trinajstić information content (AvgIpc) is 2.50. The van der Waals surface area contributed by atoms with Crippen molar-refractivity contribution in [3.05, 3.63) is 40.3 Å². The van der Waals surface area contributed by atoms with Gasteiger partial charge in [0, 0.05) is 10.5 Å². The van der Waals surface area contributed by atoms with Gasteiger partial charge >= 0.3 is 0 Å². The van der Waals surface area contributed by atoms with Crippen molar-refractivity contribution in [1.82, 2.24) is 0 Å². The molecule has 2 rings (SSSR count). The zero-order chi connectivity index (χ0) is 8.39. The molecule has 1 heterocycles. The van der Waals surface area contributed by atoms with E-state index in [-0.39, 0.29) is 6.04 Å². The van der Waals surface area contributed by atoms with Gasteiger partial charge in [0.15, 0.2) is 0 Å². The van der Waals surface area contributed by atoms with Gasteiger partial charge in [-0.25, -0.2) is 0 Å². The number of azide groups is 1. The molecule has 0 aromatic heterocycles. The summed E-state index contributed by atoms with van der Waals surface area (Å²) in [7, 11) is 0. The maximum Gasteiger partial charge on any atom is 0.123 e. The number of hydrogen-bond acceptors (Lipinski definition) is 2. The first-order valence-electron chi connectivity index (χ1n) is 3.59. The van der Waals surface area contributed by atoms with Crippen LogP contribution in [0.5, 0.6) is 5.75 Å². The lowest BCUT2D eigenvalue weighted by Gasteiger charge is -1.96. The zero-order valence-corrected chi connectivity index (χ0v) is 6.27. The van der Waals surface area contributed by atoms with Crippen LogP contribution in [0.3, 0.4) is 0 Å². The second-order valence-corrected chi connectivity index (χ2v) is 2.50.